The molecular formula is C44H55N3O13. The fraction of sp³-hybridized carbons (Fsp3) is 0.477. The molecule has 3 aliphatic rings. The predicted molar refractivity (Wildman–Crippen MR) is 216 cm³/mol. The van der Waals surface area contributed by atoms with Crippen molar-refractivity contribution in [3.63, 3.8) is 0 Å². The van der Waals surface area contributed by atoms with Crippen molar-refractivity contribution in [3.8, 4) is 5.75 Å². The van der Waals surface area contributed by atoms with E-state index >= 15 is 0 Å². The van der Waals surface area contributed by atoms with Gasteiger partial charge in [-0.25, -0.2) is 4.79 Å². The van der Waals surface area contributed by atoms with Crippen LogP contribution in [0.4, 0.5) is 0 Å². The van der Waals surface area contributed by atoms with Crippen LogP contribution in [0.25, 0.3) is 6.08 Å². The molecule has 324 valence electrons. The third-order valence-electron chi connectivity index (χ3n) is 10.8. The maximum Gasteiger partial charge on any atom is 0.338 e. The van der Waals surface area contributed by atoms with Gasteiger partial charge in [0.05, 0.1) is 11.7 Å². The number of ether oxygens (including phenoxy) is 5. The average molecular weight is 834 g/mol. The molecule has 60 heavy (non-hydrogen) atoms. The minimum Gasteiger partial charge on any atom is -0.462 e. The molecule has 3 aromatic carbocycles. The molecule has 11 atom stereocenters. The molecule has 3 heterocycles. The standard InChI is InChI=1S/C44H55N3O13/c1-27-36(50)39(53)41(60-43-40(54)38(52)37(51)33(59-43)26-56-42(55)30-13-6-3-7-14-30)44(57-27)58-31-18-16-29(17-19-31)32-25-34(48)46-22-10-24-47(23-9-8-21-45-32)35(49)20-15-28-11-4-2-5-12-28/h2-7,11-20,27,32-33,36-41,43-45,50-54H,8-10,21-26H2,1H3,(H,46,48). The first-order chi connectivity index (χ1) is 29.0. The van der Waals surface area contributed by atoms with Crippen LogP contribution in [-0.4, -0.2) is 142 Å². The summed E-state index contributed by atoms with van der Waals surface area (Å²) in [6.45, 7) is 3.16. The summed E-state index contributed by atoms with van der Waals surface area (Å²) >= 11 is 0. The van der Waals surface area contributed by atoms with Crippen molar-refractivity contribution in [2.45, 2.75) is 100 Å². The zero-order valence-corrected chi connectivity index (χ0v) is 33.4. The van der Waals surface area contributed by atoms with Gasteiger partial charge in [0.25, 0.3) is 0 Å². The summed E-state index contributed by atoms with van der Waals surface area (Å²) in [5.41, 5.74) is 2.00. The Kier molecular flexibility index (Phi) is 16.2. The van der Waals surface area contributed by atoms with Crippen LogP contribution in [-0.2, 0) is 28.5 Å². The third kappa shape index (κ3) is 12.0. The van der Waals surface area contributed by atoms with E-state index in [2.05, 4.69) is 10.6 Å². The van der Waals surface area contributed by atoms with Gasteiger partial charge in [0.1, 0.15) is 49.0 Å². The van der Waals surface area contributed by atoms with Crippen LogP contribution in [0.1, 0.15) is 60.1 Å². The Hall–Kier alpha value is -4.75. The van der Waals surface area contributed by atoms with E-state index in [-0.39, 0.29) is 29.8 Å². The van der Waals surface area contributed by atoms with Crippen molar-refractivity contribution in [3.05, 3.63) is 108 Å². The fourth-order valence-electron chi connectivity index (χ4n) is 7.23. The molecule has 3 fully saturated rings. The number of aliphatic hydroxyl groups excluding tert-OH is 5. The van der Waals surface area contributed by atoms with E-state index in [9.17, 15) is 39.9 Å². The zero-order valence-electron chi connectivity index (χ0n) is 33.4. The highest BCUT2D eigenvalue weighted by Gasteiger charge is 2.51. The molecule has 0 aromatic heterocycles. The lowest BCUT2D eigenvalue weighted by Crippen LogP contribution is -2.64. The second kappa shape index (κ2) is 21.7. The van der Waals surface area contributed by atoms with Gasteiger partial charge < -0.3 is 64.8 Å². The van der Waals surface area contributed by atoms with Crippen LogP contribution in [0.5, 0.6) is 5.75 Å². The predicted octanol–water partition coefficient (Wildman–Crippen LogP) is 1.44. The van der Waals surface area contributed by atoms with Crippen LogP contribution in [0.2, 0.25) is 0 Å². The third-order valence-corrected chi connectivity index (χ3v) is 10.8. The van der Waals surface area contributed by atoms with Crippen LogP contribution in [0.15, 0.2) is 91.0 Å². The number of hydrogen-bond acceptors (Lipinski definition) is 14. The van der Waals surface area contributed by atoms with Gasteiger partial charge in [-0.05, 0) is 74.2 Å². The van der Waals surface area contributed by atoms with E-state index in [1.54, 1.807) is 66.7 Å². The quantitative estimate of drug-likeness (QED) is 0.114. The van der Waals surface area contributed by atoms with Crippen molar-refractivity contribution in [2.75, 3.05) is 32.8 Å². The summed E-state index contributed by atoms with van der Waals surface area (Å²) in [5.74, 6) is -0.630. The van der Waals surface area contributed by atoms with E-state index in [1.165, 1.54) is 6.92 Å². The minimum atomic E-state index is -1.81. The molecule has 16 heteroatoms. The van der Waals surface area contributed by atoms with E-state index in [0.717, 1.165) is 24.0 Å². The normalized spacial score (nSPS) is 30.9. The van der Waals surface area contributed by atoms with Gasteiger partial charge in [-0.15, -0.1) is 0 Å². The Morgan fingerprint density at radius 3 is 2.22 bits per heavy atom. The van der Waals surface area contributed by atoms with Crippen molar-refractivity contribution >= 4 is 23.9 Å². The number of rotatable bonds is 10. The molecule has 0 saturated carbocycles. The summed E-state index contributed by atoms with van der Waals surface area (Å²) in [6.07, 6.45) is -9.33. The highest BCUT2D eigenvalue weighted by molar-refractivity contribution is 5.91. The van der Waals surface area contributed by atoms with Gasteiger partial charge in [0.15, 0.2) is 12.4 Å². The van der Waals surface area contributed by atoms with E-state index in [4.69, 9.17) is 23.7 Å². The first kappa shape index (κ1) is 44.8. The molecule has 0 aliphatic carbocycles. The van der Waals surface area contributed by atoms with Crippen molar-refractivity contribution in [1.29, 1.82) is 0 Å². The number of benzene rings is 3. The largest absolute Gasteiger partial charge is 0.462 e. The zero-order chi connectivity index (χ0) is 42.6. The van der Waals surface area contributed by atoms with Gasteiger partial charge >= 0.3 is 5.97 Å². The first-order valence-corrected chi connectivity index (χ1v) is 20.4. The molecule has 0 spiro atoms. The Morgan fingerprint density at radius 2 is 1.48 bits per heavy atom. The molecule has 16 nitrogen and oxygen atoms in total. The molecular weight excluding hydrogens is 778 g/mol. The van der Waals surface area contributed by atoms with Gasteiger partial charge in [0.2, 0.25) is 18.1 Å². The highest BCUT2D eigenvalue weighted by Crippen LogP contribution is 2.31. The molecule has 11 unspecified atom stereocenters. The van der Waals surface area contributed by atoms with Crippen LogP contribution < -0.4 is 15.4 Å². The molecule has 6 rings (SSSR count). The van der Waals surface area contributed by atoms with Gasteiger partial charge in [-0.2, -0.15) is 0 Å². The summed E-state index contributed by atoms with van der Waals surface area (Å²) in [6, 6.07) is 24.3. The lowest BCUT2D eigenvalue weighted by molar-refractivity contribution is -0.355. The monoisotopic (exact) mass is 833 g/mol. The van der Waals surface area contributed by atoms with E-state index in [1.807, 2.05) is 35.2 Å². The SMILES string of the molecule is CC1OC(Oc2ccc(C3CC(=O)NCCCN(C(=O)C=Cc4ccccc4)CCCCN3)cc2)C(OC2OC(COC(=O)c3ccccc3)C(O)C(O)C2O)C(O)C1O. The highest BCUT2D eigenvalue weighted by atomic mass is 16.8. The number of amides is 2. The topological polar surface area (TPSA) is 226 Å². The minimum absolute atomic E-state index is 0.0731. The number of carbonyl (C=O) groups is 3. The number of esters is 1. The lowest BCUT2D eigenvalue weighted by atomic mass is 9.97. The Balaban J connectivity index is 1.07. The summed E-state index contributed by atoms with van der Waals surface area (Å²) in [4.78, 5) is 40.4. The number of nitrogens with one attached hydrogen (secondary N) is 2. The first-order valence-electron chi connectivity index (χ1n) is 20.4. The molecule has 0 bridgehead atoms. The number of carbonyl (C=O) groups excluding carboxylic acids is 3. The van der Waals surface area contributed by atoms with Gasteiger partial charge in [0, 0.05) is 38.2 Å². The van der Waals surface area contributed by atoms with Crippen molar-refractivity contribution in [2.24, 2.45) is 0 Å². The Labute approximate surface area is 348 Å². The van der Waals surface area contributed by atoms with Crippen LogP contribution >= 0.6 is 0 Å². The summed E-state index contributed by atoms with van der Waals surface area (Å²) < 4.78 is 29.0. The fourth-order valence-corrected chi connectivity index (χ4v) is 7.23. The number of aliphatic hydroxyl groups is 5. The molecule has 3 saturated heterocycles. The Morgan fingerprint density at radius 1 is 0.783 bits per heavy atom. The van der Waals surface area contributed by atoms with Gasteiger partial charge in [-0.3, -0.25) is 9.59 Å². The van der Waals surface area contributed by atoms with Crippen LogP contribution in [0.3, 0.4) is 0 Å². The molecule has 7 N–H and O–H groups in total. The second-order valence-electron chi connectivity index (χ2n) is 15.1. The summed E-state index contributed by atoms with van der Waals surface area (Å²) in [7, 11) is 0. The molecule has 3 aliphatic heterocycles. The van der Waals surface area contributed by atoms with Gasteiger partial charge in [-0.1, -0.05) is 60.7 Å². The maximum absolute atomic E-state index is 13.0. The summed E-state index contributed by atoms with van der Waals surface area (Å²) in [5, 5.41) is 60.4. The van der Waals surface area contributed by atoms with Crippen molar-refractivity contribution < 1.29 is 63.6 Å². The molecule has 0 radical (unpaired) electrons. The average Bonchev–Trinajstić information content (AvgIpc) is 3.28. The lowest BCUT2D eigenvalue weighted by Gasteiger charge is -2.45. The molecule has 3 aromatic rings. The maximum atomic E-state index is 13.0. The smallest absolute Gasteiger partial charge is 0.338 e. The van der Waals surface area contributed by atoms with Crippen LogP contribution in [0, 0.1) is 0 Å². The van der Waals surface area contributed by atoms with E-state index < -0.39 is 74.0 Å². The van der Waals surface area contributed by atoms with E-state index in [0.29, 0.717) is 38.3 Å². The second-order valence-corrected chi connectivity index (χ2v) is 15.1. The van der Waals surface area contributed by atoms with Crippen molar-refractivity contribution in [1.82, 2.24) is 15.5 Å². The Bertz CT molecular complexity index is 1850. The number of nitrogens with zero attached hydrogens (tertiary/aromatic N) is 1. The molecule has 2 amide bonds. The number of hydrogen-bond donors (Lipinski definition) is 7.